The van der Waals surface area contributed by atoms with Crippen molar-refractivity contribution in [1.29, 1.82) is 0 Å². The van der Waals surface area contributed by atoms with Crippen molar-refractivity contribution in [3.05, 3.63) is 52.6 Å². The van der Waals surface area contributed by atoms with E-state index in [1.54, 1.807) is 12.4 Å². The lowest BCUT2D eigenvalue weighted by molar-refractivity contribution is -0.136. The second kappa shape index (κ2) is 5.89. The number of nitrogens with zero attached hydrogens (tertiary/aromatic N) is 1. The van der Waals surface area contributed by atoms with Crippen LogP contribution in [0.5, 0.6) is 0 Å². The van der Waals surface area contributed by atoms with Crippen molar-refractivity contribution in [3.8, 4) is 0 Å². The minimum absolute atomic E-state index is 0.0898. The smallest absolute Gasteiger partial charge is 0.336 e. The van der Waals surface area contributed by atoms with E-state index in [-0.39, 0.29) is 5.78 Å². The van der Waals surface area contributed by atoms with Crippen LogP contribution in [0.2, 0.25) is 0 Å². The molecule has 0 bridgehead atoms. The van der Waals surface area contributed by atoms with E-state index >= 15 is 0 Å². The molecule has 1 N–H and O–H groups in total. The highest BCUT2D eigenvalue weighted by Gasteiger charge is 2.44. The van der Waals surface area contributed by atoms with Crippen molar-refractivity contribution in [2.75, 3.05) is 7.11 Å². The average Bonchev–Trinajstić information content (AvgIpc) is 2.57. The zero-order valence-corrected chi connectivity index (χ0v) is 14.5. The predicted molar refractivity (Wildman–Crippen MR) is 89.9 cm³/mol. The van der Waals surface area contributed by atoms with Crippen molar-refractivity contribution in [2.45, 2.75) is 39.5 Å². The summed E-state index contributed by atoms with van der Waals surface area (Å²) in [5.41, 5.74) is 3.29. The molecule has 0 aromatic carbocycles. The first kappa shape index (κ1) is 16.4. The zero-order chi connectivity index (χ0) is 17.5. The topological polar surface area (TPSA) is 68.3 Å². The second-order valence-electron chi connectivity index (χ2n) is 6.97. The number of ketones is 1. The molecule has 0 saturated carbocycles. The Labute approximate surface area is 141 Å². The summed E-state index contributed by atoms with van der Waals surface area (Å²) in [6, 6.07) is 3.71. The minimum atomic E-state index is -0.432. The van der Waals surface area contributed by atoms with Crippen LogP contribution in [0, 0.1) is 5.41 Å². The normalized spacial score (nSPS) is 22.8. The first-order chi connectivity index (χ1) is 11.4. The molecule has 2 aliphatic rings. The molecular formula is C19H22N2O3. The highest BCUT2D eigenvalue weighted by atomic mass is 16.5. The van der Waals surface area contributed by atoms with Crippen molar-refractivity contribution in [1.82, 2.24) is 10.3 Å². The monoisotopic (exact) mass is 326 g/mol. The Morgan fingerprint density at radius 3 is 2.62 bits per heavy atom. The maximum absolute atomic E-state index is 13.1. The molecule has 1 unspecified atom stereocenters. The third-order valence-corrected chi connectivity index (χ3v) is 4.95. The molecule has 1 aliphatic heterocycles. The number of hydrogen-bond donors (Lipinski definition) is 1. The van der Waals surface area contributed by atoms with Crippen LogP contribution in [0.15, 0.2) is 47.1 Å². The van der Waals surface area contributed by atoms with Gasteiger partial charge in [-0.1, -0.05) is 13.8 Å². The average molecular weight is 326 g/mol. The van der Waals surface area contributed by atoms with E-state index in [1.807, 2.05) is 32.9 Å². The summed E-state index contributed by atoms with van der Waals surface area (Å²) in [6.45, 7) is 5.78. The summed E-state index contributed by atoms with van der Waals surface area (Å²) in [5.74, 6) is -0.736. The molecule has 0 fully saturated rings. The predicted octanol–water partition coefficient (Wildman–Crippen LogP) is 2.86. The Kier molecular flexibility index (Phi) is 4.03. The molecule has 24 heavy (non-hydrogen) atoms. The van der Waals surface area contributed by atoms with Crippen LogP contribution in [0.1, 0.15) is 45.1 Å². The number of hydrogen-bond acceptors (Lipinski definition) is 5. The molecule has 0 spiro atoms. The number of nitrogens with one attached hydrogen (secondary N) is 1. The molecule has 5 heteroatoms. The van der Waals surface area contributed by atoms with E-state index in [0.29, 0.717) is 11.1 Å². The zero-order valence-electron chi connectivity index (χ0n) is 14.5. The van der Waals surface area contributed by atoms with Crippen molar-refractivity contribution < 1.29 is 14.3 Å². The van der Waals surface area contributed by atoms with Crippen LogP contribution in [0.25, 0.3) is 0 Å². The molecule has 3 rings (SSSR count). The number of aromatic nitrogens is 1. The van der Waals surface area contributed by atoms with Gasteiger partial charge < -0.3 is 10.1 Å². The summed E-state index contributed by atoms with van der Waals surface area (Å²) in [5, 5.41) is 3.27. The fourth-order valence-electron chi connectivity index (χ4n) is 3.55. The van der Waals surface area contributed by atoms with Crippen LogP contribution in [0.3, 0.4) is 0 Å². The fourth-order valence-corrected chi connectivity index (χ4v) is 3.55. The minimum Gasteiger partial charge on any atom is -0.466 e. The Balaban J connectivity index is 2.21. The van der Waals surface area contributed by atoms with Gasteiger partial charge in [-0.05, 0) is 37.5 Å². The van der Waals surface area contributed by atoms with E-state index in [2.05, 4.69) is 10.3 Å². The number of ether oxygens (including phenoxy) is 1. The number of carbonyl (C=O) groups is 2. The van der Waals surface area contributed by atoms with Gasteiger partial charge in [0.25, 0.3) is 0 Å². The molecule has 1 aromatic rings. The molecule has 126 valence electrons. The van der Waals surface area contributed by atoms with Gasteiger partial charge in [-0.2, -0.15) is 0 Å². The van der Waals surface area contributed by atoms with Crippen LogP contribution < -0.4 is 5.32 Å². The van der Waals surface area contributed by atoms with Gasteiger partial charge >= 0.3 is 5.97 Å². The van der Waals surface area contributed by atoms with Gasteiger partial charge in [0, 0.05) is 40.7 Å². The quantitative estimate of drug-likeness (QED) is 0.847. The summed E-state index contributed by atoms with van der Waals surface area (Å²) < 4.78 is 4.99. The number of methoxy groups -OCH3 is 1. The van der Waals surface area contributed by atoms with E-state index in [4.69, 9.17) is 4.74 Å². The highest BCUT2D eigenvalue weighted by molar-refractivity contribution is 6.06. The van der Waals surface area contributed by atoms with E-state index in [9.17, 15) is 9.59 Å². The van der Waals surface area contributed by atoms with Crippen LogP contribution in [-0.2, 0) is 14.3 Å². The molecule has 0 saturated heterocycles. The maximum atomic E-state index is 13.1. The first-order valence-corrected chi connectivity index (χ1v) is 8.10. The van der Waals surface area contributed by atoms with Crippen LogP contribution in [-0.4, -0.2) is 23.8 Å². The Hall–Kier alpha value is -2.43. The van der Waals surface area contributed by atoms with Gasteiger partial charge in [0.1, 0.15) is 0 Å². The largest absolute Gasteiger partial charge is 0.466 e. The lowest BCUT2D eigenvalue weighted by Gasteiger charge is -2.39. The number of rotatable bonds is 2. The van der Waals surface area contributed by atoms with Crippen molar-refractivity contribution >= 4 is 11.8 Å². The van der Waals surface area contributed by atoms with E-state index in [0.717, 1.165) is 29.8 Å². The molecule has 1 atom stereocenters. The van der Waals surface area contributed by atoms with E-state index in [1.165, 1.54) is 7.11 Å². The van der Waals surface area contributed by atoms with E-state index < -0.39 is 17.3 Å². The molecule has 0 radical (unpaired) electrons. The van der Waals surface area contributed by atoms with Gasteiger partial charge in [0.15, 0.2) is 5.78 Å². The number of Topliss-reactive ketones (excluding diaryl/α,β-unsaturated/α-hetero) is 1. The summed E-state index contributed by atoms with van der Waals surface area (Å²) >= 11 is 0. The molecule has 1 aromatic heterocycles. The fraction of sp³-hybridized carbons (Fsp3) is 0.421. The third-order valence-electron chi connectivity index (χ3n) is 4.95. The van der Waals surface area contributed by atoms with Crippen molar-refractivity contribution in [3.63, 3.8) is 0 Å². The third kappa shape index (κ3) is 2.54. The van der Waals surface area contributed by atoms with Gasteiger partial charge in [0.05, 0.1) is 12.7 Å². The molecule has 1 aliphatic carbocycles. The van der Waals surface area contributed by atoms with Crippen LogP contribution >= 0.6 is 0 Å². The number of esters is 1. The first-order valence-electron chi connectivity index (χ1n) is 8.10. The van der Waals surface area contributed by atoms with Gasteiger partial charge in [-0.25, -0.2) is 4.79 Å². The highest BCUT2D eigenvalue weighted by Crippen LogP contribution is 2.46. The number of carbonyl (C=O) groups excluding carboxylic acids is 2. The lowest BCUT2D eigenvalue weighted by Crippen LogP contribution is -2.40. The summed E-state index contributed by atoms with van der Waals surface area (Å²) in [4.78, 5) is 29.6. The SMILES string of the molecule is COC(=O)C1=C(C)NC2=C(C(=O)C(C)(C)CC2)C1c1ccncc1. The standard InChI is InChI=1S/C19H22N2O3/c1-11-14(18(23)24-4)15(12-6-9-20-10-7-12)16-13(21-11)5-8-19(2,3)17(16)22/h6-7,9-10,15,21H,5,8H2,1-4H3. The Morgan fingerprint density at radius 1 is 1.33 bits per heavy atom. The maximum Gasteiger partial charge on any atom is 0.336 e. The lowest BCUT2D eigenvalue weighted by atomic mass is 9.67. The Morgan fingerprint density at radius 2 is 2.00 bits per heavy atom. The molecule has 5 nitrogen and oxygen atoms in total. The van der Waals surface area contributed by atoms with Gasteiger partial charge in [0.2, 0.25) is 0 Å². The summed E-state index contributed by atoms with van der Waals surface area (Å²) in [7, 11) is 1.36. The summed E-state index contributed by atoms with van der Waals surface area (Å²) in [6.07, 6.45) is 4.95. The van der Waals surface area contributed by atoms with Gasteiger partial charge in [-0.15, -0.1) is 0 Å². The molecule has 2 heterocycles. The van der Waals surface area contributed by atoms with Crippen LogP contribution in [0.4, 0.5) is 0 Å². The number of allylic oxidation sites excluding steroid dienone is 3. The number of pyridine rings is 1. The number of dihydropyridines is 1. The molecular weight excluding hydrogens is 304 g/mol. The Bertz CT molecular complexity index is 760. The molecule has 0 amide bonds. The van der Waals surface area contributed by atoms with Crippen molar-refractivity contribution in [2.24, 2.45) is 5.41 Å². The van der Waals surface area contributed by atoms with Gasteiger partial charge in [-0.3, -0.25) is 9.78 Å². The second-order valence-corrected chi connectivity index (χ2v) is 6.97.